The van der Waals surface area contributed by atoms with Gasteiger partial charge in [-0.25, -0.2) is 5.01 Å². The van der Waals surface area contributed by atoms with Crippen LogP contribution in [0.1, 0.15) is 22.3 Å². The van der Waals surface area contributed by atoms with Gasteiger partial charge in [0.1, 0.15) is 11.3 Å². The lowest BCUT2D eigenvalue weighted by atomic mass is 10.1. The number of halogens is 1. The normalized spacial score (nSPS) is 13.6. The van der Waals surface area contributed by atoms with Crippen LogP contribution in [0.15, 0.2) is 36.7 Å². The van der Waals surface area contributed by atoms with Crippen molar-refractivity contribution < 1.29 is 19.1 Å². The Bertz CT molecular complexity index is 844. The smallest absolute Gasteiger partial charge is 0.280 e. The second kappa shape index (κ2) is 8.26. The quantitative estimate of drug-likeness (QED) is 0.786. The Morgan fingerprint density at radius 3 is 2.59 bits per heavy atom. The molecule has 0 radical (unpaired) electrons. The Morgan fingerprint density at radius 2 is 1.93 bits per heavy atom. The summed E-state index contributed by atoms with van der Waals surface area (Å²) in [5.74, 6) is 0.0115. The van der Waals surface area contributed by atoms with E-state index in [-0.39, 0.29) is 29.5 Å². The monoisotopic (exact) mass is 389 g/mol. The predicted octanol–water partition coefficient (Wildman–Crippen LogP) is 2.58. The summed E-state index contributed by atoms with van der Waals surface area (Å²) in [5, 5.41) is 3.19. The summed E-state index contributed by atoms with van der Waals surface area (Å²) in [5.41, 5.74) is 0.994. The number of carbonyl (C=O) groups is 2. The first kappa shape index (κ1) is 19.0. The molecule has 1 aromatic heterocycles. The van der Waals surface area contributed by atoms with Crippen molar-refractivity contribution in [2.24, 2.45) is 0 Å². The highest BCUT2D eigenvalue weighted by atomic mass is 35.5. The van der Waals surface area contributed by atoms with Gasteiger partial charge >= 0.3 is 0 Å². The fraction of sp³-hybridized carbons (Fsp3) is 0.316. The molecule has 0 spiro atoms. The molecule has 0 aliphatic carbocycles. The number of hydrogen-bond donors (Lipinski definition) is 0. The van der Waals surface area contributed by atoms with Crippen molar-refractivity contribution in [2.45, 2.75) is 12.8 Å². The van der Waals surface area contributed by atoms with Crippen LogP contribution in [0.2, 0.25) is 5.02 Å². The molecule has 1 fully saturated rings. The van der Waals surface area contributed by atoms with Crippen LogP contribution in [0.4, 0.5) is 0 Å². The maximum absolute atomic E-state index is 13.2. The number of nitrogens with zero attached hydrogens (tertiary/aromatic N) is 3. The summed E-state index contributed by atoms with van der Waals surface area (Å²) >= 11 is 6.18. The summed E-state index contributed by atoms with van der Waals surface area (Å²) in [7, 11) is 2.90. The Kier molecular flexibility index (Phi) is 5.81. The largest absolute Gasteiger partial charge is 0.496 e. The second-order valence-electron chi connectivity index (χ2n) is 5.99. The van der Waals surface area contributed by atoms with E-state index in [4.69, 9.17) is 21.1 Å². The van der Waals surface area contributed by atoms with Crippen molar-refractivity contribution in [2.75, 3.05) is 27.3 Å². The van der Waals surface area contributed by atoms with E-state index in [0.29, 0.717) is 30.3 Å². The highest BCUT2D eigenvalue weighted by Crippen LogP contribution is 2.37. The number of aromatic nitrogens is 1. The number of hydrazine groups is 1. The lowest BCUT2D eigenvalue weighted by molar-refractivity contribution is -0.139. The van der Waals surface area contributed by atoms with Gasteiger partial charge < -0.3 is 9.47 Å². The van der Waals surface area contributed by atoms with Crippen LogP contribution >= 0.6 is 11.6 Å². The third-order valence-electron chi connectivity index (χ3n) is 4.34. The van der Waals surface area contributed by atoms with E-state index in [1.807, 2.05) is 6.07 Å². The minimum Gasteiger partial charge on any atom is -0.496 e. The standard InChI is InChI=1S/C19H20ClN3O4/c1-26-15-7-6-14(20)18(27-2)17(15)19(25)23-10-4-9-22(23)16(24)11-13-5-3-8-21-12-13/h3,5-8,12H,4,9-11H2,1-2H3. The van der Waals surface area contributed by atoms with Crippen molar-refractivity contribution in [3.63, 3.8) is 0 Å². The summed E-state index contributed by atoms with van der Waals surface area (Å²) in [4.78, 5) is 30.0. The number of benzene rings is 1. The van der Waals surface area contributed by atoms with E-state index < -0.39 is 0 Å². The van der Waals surface area contributed by atoms with Crippen LogP contribution in [0, 0.1) is 0 Å². The van der Waals surface area contributed by atoms with E-state index in [0.717, 1.165) is 5.56 Å². The number of hydrogen-bond acceptors (Lipinski definition) is 5. The van der Waals surface area contributed by atoms with Crippen LogP contribution in [-0.2, 0) is 11.2 Å². The maximum atomic E-state index is 13.2. The fourth-order valence-electron chi connectivity index (χ4n) is 3.09. The Morgan fingerprint density at radius 1 is 1.15 bits per heavy atom. The summed E-state index contributed by atoms with van der Waals surface area (Å²) in [6.07, 6.45) is 4.15. The van der Waals surface area contributed by atoms with Crippen LogP contribution < -0.4 is 9.47 Å². The minimum absolute atomic E-state index is 0.168. The van der Waals surface area contributed by atoms with E-state index in [9.17, 15) is 9.59 Å². The highest BCUT2D eigenvalue weighted by molar-refractivity contribution is 6.32. The molecule has 0 unspecified atom stereocenters. The molecule has 0 saturated carbocycles. The Labute approximate surface area is 162 Å². The first-order chi connectivity index (χ1) is 13.1. The van der Waals surface area contributed by atoms with Gasteiger partial charge in [-0.15, -0.1) is 0 Å². The molecule has 3 rings (SSSR count). The maximum Gasteiger partial charge on any atom is 0.280 e. The van der Waals surface area contributed by atoms with Gasteiger partial charge in [0.15, 0.2) is 5.75 Å². The van der Waals surface area contributed by atoms with Gasteiger partial charge in [-0.2, -0.15) is 0 Å². The highest BCUT2D eigenvalue weighted by Gasteiger charge is 2.34. The molecule has 2 aromatic rings. The summed E-state index contributed by atoms with van der Waals surface area (Å²) in [6, 6.07) is 6.81. The molecule has 0 N–H and O–H groups in total. The SMILES string of the molecule is COc1ccc(Cl)c(OC)c1C(=O)N1CCCN1C(=O)Cc1cccnc1. The number of rotatable bonds is 5. The minimum atomic E-state index is -0.386. The second-order valence-corrected chi connectivity index (χ2v) is 6.40. The molecule has 0 atom stereocenters. The zero-order chi connectivity index (χ0) is 19.4. The first-order valence-electron chi connectivity index (χ1n) is 8.48. The van der Waals surface area contributed by atoms with Crippen LogP contribution in [0.25, 0.3) is 0 Å². The summed E-state index contributed by atoms with van der Waals surface area (Å²) in [6.45, 7) is 0.895. The predicted molar refractivity (Wildman–Crippen MR) is 99.9 cm³/mol. The molecule has 2 heterocycles. The molecule has 1 saturated heterocycles. The molecule has 7 nitrogen and oxygen atoms in total. The first-order valence-corrected chi connectivity index (χ1v) is 8.86. The molecule has 2 amide bonds. The van der Waals surface area contributed by atoms with Crippen molar-refractivity contribution >= 4 is 23.4 Å². The average molecular weight is 390 g/mol. The van der Waals surface area contributed by atoms with Crippen LogP contribution in [0.5, 0.6) is 11.5 Å². The molecule has 1 aliphatic rings. The van der Waals surface area contributed by atoms with E-state index in [1.54, 1.807) is 30.6 Å². The third-order valence-corrected chi connectivity index (χ3v) is 4.64. The van der Waals surface area contributed by atoms with Crippen molar-refractivity contribution in [3.05, 3.63) is 52.8 Å². The summed E-state index contributed by atoms with van der Waals surface area (Å²) < 4.78 is 10.6. The molecule has 142 valence electrons. The van der Waals surface area contributed by atoms with Crippen LogP contribution in [-0.4, -0.2) is 54.1 Å². The molecule has 1 aliphatic heterocycles. The lowest BCUT2D eigenvalue weighted by Gasteiger charge is -2.29. The van der Waals surface area contributed by atoms with Crippen LogP contribution in [0.3, 0.4) is 0 Å². The Balaban J connectivity index is 1.88. The van der Waals surface area contributed by atoms with Gasteiger partial charge in [0.25, 0.3) is 5.91 Å². The zero-order valence-corrected chi connectivity index (χ0v) is 15.9. The Hall–Kier alpha value is -2.80. The molecule has 1 aromatic carbocycles. The van der Waals surface area contributed by atoms with Gasteiger partial charge in [-0.05, 0) is 30.2 Å². The van der Waals surface area contributed by atoms with Gasteiger partial charge in [0, 0.05) is 25.5 Å². The molecule has 27 heavy (non-hydrogen) atoms. The number of methoxy groups -OCH3 is 2. The van der Waals surface area contributed by atoms with E-state index in [1.165, 1.54) is 24.2 Å². The zero-order valence-electron chi connectivity index (χ0n) is 15.1. The van der Waals surface area contributed by atoms with Crippen molar-refractivity contribution in [1.82, 2.24) is 15.0 Å². The van der Waals surface area contributed by atoms with Gasteiger partial charge in [0.2, 0.25) is 5.91 Å². The topological polar surface area (TPSA) is 72.0 Å². The molecular formula is C19H20ClN3O4. The third kappa shape index (κ3) is 3.83. The number of amides is 2. The fourth-order valence-corrected chi connectivity index (χ4v) is 3.33. The average Bonchev–Trinajstić information content (AvgIpc) is 3.18. The van der Waals surface area contributed by atoms with Gasteiger partial charge in [-0.1, -0.05) is 17.7 Å². The van der Waals surface area contributed by atoms with E-state index >= 15 is 0 Å². The number of pyridine rings is 1. The lowest BCUT2D eigenvalue weighted by Crippen LogP contribution is -2.45. The van der Waals surface area contributed by atoms with Gasteiger partial charge in [-0.3, -0.25) is 19.6 Å². The van der Waals surface area contributed by atoms with Crippen molar-refractivity contribution in [1.29, 1.82) is 0 Å². The molecule has 0 bridgehead atoms. The van der Waals surface area contributed by atoms with Gasteiger partial charge in [0.05, 0.1) is 25.7 Å². The molecular weight excluding hydrogens is 370 g/mol. The van der Waals surface area contributed by atoms with E-state index in [2.05, 4.69) is 4.98 Å². The number of ether oxygens (including phenoxy) is 2. The van der Waals surface area contributed by atoms with Crippen molar-refractivity contribution in [3.8, 4) is 11.5 Å². The molecule has 8 heteroatoms. The number of carbonyl (C=O) groups excluding carboxylic acids is 2.